The molecular weight excluding hydrogens is 302 g/mol. The summed E-state index contributed by atoms with van der Waals surface area (Å²) in [5, 5.41) is 5.26. The fraction of sp³-hybridized carbons (Fsp3) is 0.267. The molecule has 3 amide bonds. The molecule has 6 nitrogen and oxygen atoms in total. The van der Waals surface area contributed by atoms with E-state index in [9.17, 15) is 14.4 Å². The average Bonchev–Trinajstić information content (AvgIpc) is 2.90. The fourth-order valence-electron chi connectivity index (χ4n) is 1.98. The zero-order chi connectivity index (χ0) is 15.9. The lowest BCUT2D eigenvalue weighted by Crippen LogP contribution is -2.34. The summed E-state index contributed by atoms with van der Waals surface area (Å²) < 4.78 is 0. The second-order valence-electron chi connectivity index (χ2n) is 4.63. The van der Waals surface area contributed by atoms with Crippen LogP contribution in [0.5, 0.6) is 0 Å². The molecule has 116 valence electrons. The van der Waals surface area contributed by atoms with E-state index in [2.05, 4.69) is 17.2 Å². The average molecular weight is 319 g/mol. The number of rotatable bonds is 6. The van der Waals surface area contributed by atoms with Crippen molar-refractivity contribution in [2.45, 2.75) is 0 Å². The maximum absolute atomic E-state index is 12.0. The van der Waals surface area contributed by atoms with Gasteiger partial charge < -0.3 is 15.5 Å². The van der Waals surface area contributed by atoms with Crippen molar-refractivity contribution in [1.82, 2.24) is 10.2 Å². The summed E-state index contributed by atoms with van der Waals surface area (Å²) in [6, 6.07) is 6.74. The van der Waals surface area contributed by atoms with E-state index in [-0.39, 0.29) is 23.6 Å². The number of benzene rings is 1. The van der Waals surface area contributed by atoms with Gasteiger partial charge >= 0.3 is 0 Å². The topological polar surface area (TPSA) is 78.5 Å². The molecule has 0 saturated carbocycles. The maximum atomic E-state index is 12.0. The number of thioether (sulfide) groups is 1. The zero-order valence-corrected chi connectivity index (χ0v) is 12.8. The summed E-state index contributed by atoms with van der Waals surface area (Å²) in [7, 11) is 0. The van der Waals surface area contributed by atoms with Gasteiger partial charge in [0.1, 0.15) is 6.54 Å². The Morgan fingerprint density at radius 2 is 2.14 bits per heavy atom. The molecule has 0 spiro atoms. The van der Waals surface area contributed by atoms with Crippen LogP contribution in [0.2, 0.25) is 0 Å². The molecule has 1 aromatic rings. The summed E-state index contributed by atoms with van der Waals surface area (Å²) in [5.41, 5.74) is 0.799. The predicted molar refractivity (Wildman–Crippen MR) is 87.0 cm³/mol. The number of amides is 3. The van der Waals surface area contributed by atoms with Gasteiger partial charge in [-0.05, 0) is 12.1 Å². The van der Waals surface area contributed by atoms with Gasteiger partial charge in [0.25, 0.3) is 11.1 Å². The highest BCUT2D eigenvalue weighted by Crippen LogP contribution is 2.18. The molecule has 0 atom stereocenters. The van der Waals surface area contributed by atoms with E-state index in [1.54, 1.807) is 30.3 Å². The van der Waals surface area contributed by atoms with Crippen LogP contribution in [0.3, 0.4) is 0 Å². The minimum atomic E-state index is -0.320. The van der Waals surface area contributed by atoms with Gasteiger partial charge in [-0.25, -0.2) is 0 Å². The van der Waals surface area contributed by atoms with Crippen LogP contribution < -0.4 is 10.6 Å². The van der Waals surface area contributed by atoms with Crippen molar-refractivity contribution >= 4 is 34.5 Å². The van der Waals surface area contributed by atoms with Crippen molar-refractivity contribution < 1.29 is 14.4 Å². The van der Waals surface area contributed by atoms with Gasteiger partial charge in [0.15, 0.2) is 0 Å². The second kappa shape index (κ2) is 7.65. The third-order valence-corrected chi connectivity index (χ3v) is 3.92. The van der Waals surface area contributed by atoms with Crippen molar-refractivity contribution in [2.75, 3.05) is 30.7 Å². The lowest BCUT2D eigenvalue weighted by Gasteiger charge is -2.15. The van der Waals surface area contributed by atoms with Crippen molar-refractivity contribution in [3.8, 4) is 0 Å². The molecular formula is C15H17N3O3S. The Balaban J connectivity index is 2.02. The molecule has 0 aliphatic carbocycles. The van der Waals surface area contributed by atoms with E-state index in [0.29, 0.717) is 30.1 Å². The normalized spacial score (nSPS) is 13.8. The number of nitrogens with one attached hydrogen (secondary N) is 2. The number of hydrogen-bond acceptors (Lipinski definition) is 4. The Hall–Kier alpha value is -2.28. The van der Waals surface area contributed by atoms with Crippen LogP contribution >= 0.6 is 11.8 Å². The van der Waals surface area contributed by atoms with Crippen LogP contribution in [-0.4, -0.2) is 47.3 Å². The summed E-state index contributed by atoms with van der Waals surface area (Å²) in [5.74, 6) is 0.0931. The third-order valence-electron chi connectivity index (χ3n) is 3.03. The number of hydrogen-bond donors (Lipinski definition) is 2. The van der Waals surface area contributed by atoms with E-state index < -0.39 is 0 Å². The van der Waals surface area contributed by atoms with E-state index >= 15 is 0 Å². The van der Waals surface area contributed by atoms with E-state index in [4.69, 9.17) is 0 Å². The lowest BCUT2D eigenvalue weighted by atomic mass is 10.1. The smallest absolute Gasteiger partial charge is 0.282 e. The molecule has 2 rings (SSSR count). The molecule has 1 aromatic carbocycles. The summed E-state index contributed by atoms with van der Waals surface area (Å²) in [4.78, 5) is 37.0. The van der Waals surface area contributed by atoms with Crippen LogP contribution in [0.15, 0.2) is 36.9 Å². The van der Waals surface area contributed by atoms with E-state index in [1.165, 1.54) is 16.7 Å². The third kappa shape index (κ3) is 4.11. The molecule has 1 aliphatic rings. The maximum Gasteiger partial charge on any atom is 0.282 e. The number of carbonyl (C=O) groups is 3. The lowest BCUT2D eigenvalue weighted by molar-refractivity contribution is -0.116. The minimum Gasteiger partial charge on any atom is -0.349 e. The molecule has 2 N–H and O–H groups in total. The molecule has 0 aromatic heterocycles. The van der Waals surface area contributed by atoms with E-state index in [1.807, 2.05) is 0 Å². The van der Waals surface area contributed by atoms with Crippen molar-refractivity contribution in [3.05, 3.63) is 42.5 Å². The first-order chi connectivity index (χ1) is 10.6. The van der Waals surface area contributed by atoms with Crippen LogP contribution in [0.4, 0.5) is 10.5 Å². The first kappa shape index (κ1) is 16.1. The molecule has 22 heavy (non-hydrogen) atoms. The Morgan fingerprint density at radius 1 is 1.36 bits per heavy atom. The number of anilines is 1. The zero-order valence-electron chi connectivity index (χ0n) is 12.0. The molecule has 0 bridgehead atoms. The van der Waals surface area contributed by atoms with Gasteiger partial charge in [-0.2, -0.15) is 0 Å². The summed E-state index contributed by atoms with van der Waals surface area (Å²) >= 11 is 1.20. The van der Waals surface area contributed by atoms with Gasteiger partial charge in [0.2, 0.25) is 5.91 Å². The predicted octanol–water partition coefficient (Wildman–Crippen LogP) is 1.71. The van der Waals surface area contributed by atoms with Gasteiger partial charge in [0.05, 0.1) is 11.3 Å². The van der Waals surface area contributed by atoms with Gasteiger partial charge in [-0.15, -0.1) is 6.58 Å². The molecule has 1 heterocycles. The second-order valence-corrected chi connectivity index (χ2v) is 5.67. The highest BCUT2D eigenvalue weighted by molar-refractivity contribution is 8.13. The molecule has 0 radical (unpaired) electrons. The minimum absolute atomic E-state index is 0.00551. The monoisotopic (exact) mass is 319 g/mol. The Labute approximate surface area is 132 Å². The number of carbonyl (C=O) groups excluding carboxylic acids is 3. The molecule has 0 unspecified atom stereocenters. The number of nitrogens with zero attached hydrogens (tertiary/aromatic N) is 1. The molecule has 1 aliphatic heterocycles. The van der Waals surface area contributed by atoms with Gasteiger partial charge in [-0.3, -0.25) is 14.4 Å². The number of para-hydroxylation sites is 1. The van der Waals surface area contributed by atoms with Crippen molar-refractivity contribution in [1.29, 1.82) is 0 Å². The fourth-order valence-corrected chi connectivity index (χ4v) is 2.81. The SMILES string of the molecule is C=CCNC(=O)c1ccccc1NC(=O)CN1CCSC1=O. The van der Waals surface area contributed by atoms with Crippen molar-refractivity contribution in [3.63, 3.8) is 0 Å². The van der Waals surface area contributed by atoms with Crippen LogP contribution in [0.1, 0.15) is 10.4 Å². The van der Waals surface area contributed by atoms with Gasteiger partial charge in [-0.1, -0.05) is 30.0 Å². The van der Waals surface area contributed by atoms with Crippen LogP contribution in [0.25, 0.3) is 0 Å². The van der Waals surface area contributed by atoms with Crippen LogP contribution in [0, 0.1) is 0 Å². The first-order valence-corrected chi connectivity index (χ1v) is 7.80. The Morgan fingerprint density at radius 3 is 2.82 bits per heavy atom. The highest BCUT2D eigenvalue weighted by atomic mass is 32.2. The Kier molecular flexibility index (Phi) is 5.60. The molecule has 7 heteroatoms. The highest BCUT2D eigenvalue weighted by Gasteiger charge is 2.23. The van der Waals surface area contributed by atoms with E-state index in [0.717, 1.165) is 0 Å². The first-order valence-electron chi connectivity index (χ1n) is 6.81. The largest absolute Gasteiger partial charge is 0.349 e. The van der Waals surface area contributed by atoms with Crippen LogP contribution in [-0.2, 0) is 4.79 Å². The standard InChI is InChI=1S/C15H17N3O3S/c1-2-7-16-14(20)11-5-3-4-6-12(11)17-13(19)10-18-8-9-22-15(18)21/h2-6H,1,7-10H2,(H,16,20)(H,17,19). The van der Waals surface area contributed by atoms with Gasteiger partial charge in [0, 0.05) is 18.8 Å². The molecule has 1 fully saturated rings. The van der Waals surface area contributed by atoms with Crippen molar-refractivity contribution in [2.24, 2.45) is 0 Å². The Bertz CT molecular complexity index is 603. The quantitative estimate of drug-likeness (QED) is 0.783. The molecule has 1 saturated heterocycles. The summed E-state index contributed by atoms with van der Waals surface area (Å²) in [6.07, 6.45) is 1.58. The summed E-state index contributed by atoms with van der Waals surface area (Å²) in [6.45, 7) is 4.45.